The zero-order valence-electron chi connectivity index (χ0n) is 10.6. The number of rotatable bonds is 8. The van der Waals surface area contributed by atoms with E-state index >= 15 is 0 Å². The van der Waals surface area contributed by atoms with E-state index in [9.17, 15) is 14.4 Å². The average molecular weight is 261 g/mol. The topological polar surface area (TPSA) is 108 Å². The van der Waals surface area contributed by atoms with Crippen LogP contribution >= 0.6 is 0 Å². The minimum absolute atomic E-state index is 0.174. The summed E-state index contributed by atoms with van der Waals surface area (Å²) in [6.07, 6.45) is 0. The molecule has 8 nitrogen and oxygen atoms in total. The molecular weight excluding hydrogens is 242 g/mol. The van der Waals surface area contributed by atoms with Crippen LogP contribution < -0.4 is 10.6 Å². The van der Waals surface area contributed by atoms with Crippen LogP contribution in [-0.4, -0.2) is 67.8 Å². The van der Waals surface area contributed by atoms with Gasteiger partial charge in [-0.1, -0.05) is 0 Å². The highest BCUT2D eigenvalue weighted by Crippen LogP contribution is 1.89. The highest BCUT2D eigenvalue weighted by Gasteiger charge is 2.15. The zero-order valence-corrected chi connectivity index (χ0v) is 10.6. The van der Waals surface area contributed by atoms with Gasteiger partial charge in [0.15, 0.2) is 0 Å². The van der Waals surface area contributed by atoms with Gasteiger partial charge in [-0.05, 0) is 6.92 Å². The van der Waals surface area contributed by atoms with Crippen LogP contribution in [0.25, 0.3) is 0 Å². The minimum Gasteiger partial charge on any atom is -0.480 e. The number of amides is 3. The van der Waals surface area contributed by atoms with Crippen LogP contribution in [0, 0.1) is 0 Å². The maximum atomic E-state index is 11.4. The molecule has 0 aliphatic carbocycles. The van der Waals surface area contributed by atoms with E-state index in [2.05, 4.69) is 10.6 Å². The molecule has 0 aromatic rings. The number of aliphatic carboxylic acids is 1. The van der Waals surface area contributed by atoms with Crippen molar-refractivity contribution in [3.05, 3.63) is 0 Å². The Kier molecular flexibility index (Phi) is 8.50. The molecule has 104 valence electrons. The number of methoxy groups -OCH3 is 1. The molecule has 0 unspecified atom stereocenters. The molecular formula is C10H19N3O5. The quantitative estimate of drug-likeness (QED) is 0.510. The van der Waals surface area contributed by atoms with Crippen molar-refractivity contribution >= 4 is 17.9 Å². The third-order valence-corrected chi connectivity index (χ3v) is 1.93. The van der Waals surface area contributed by atoms with Gasteiger partial charge in [0.25, 0.3) is 0 Å². The van der Waals surface area contributed by atoms with E-state index in [1.54, 1.807) is 6.92 Å². The van der Waals surface area contributed by atoms with Crippen LogP contribution in [-0.2, 0) is 14.3 Å². The standard InChI is InChI=1S/C10H19N3O5/c1-3-11-10(17)12-8(14)6-13(4-5-18-2)7-9(15)16/h3-7H2,1-2H3,(H,15,16)(H2,11,12,14,17). The molecule has 8 heteroatoms. The lowest BCUT2D eigenvalue weighted by Gasteiger charge is -2.18. The molecule has 3 amide bonds. The minimum atomic E-state index is -1.04. The summed E-state index contributed by atoms with van der Waals surface area (Å²) < 4.78 is 4.81. The van der Waals surface area contributed by atoms with Gasteiger partial charge in [-0.2, -0.15) is 0 Å². The van der Waals surface area contributed by atoms with Crippen LogP contribution in [0.4, 0.5) is 4.79 Å². The number of carboxylic acids is 1. The van der Waals surface area contributed by atoms with Crippen molar-refractivity contribution in [3.8, 4) is 0 Å². The van der Waals surface area contributed by atoms with Crippen LogP contribution in [0.1, 0.15) is 6.92 Å². The highest BCUT2D eigenvalue weighted by atomic mass is 16.5. The van der Waals surface area contributed by atoms with Crippen molar-refractivity contribution in [2.75, 3.05) is 39.9 Å². The lowest BCUT2D eigenvalue weighted by atomic mass is 10.4. The molecule has 18 heavy (non-hydrogen) atoms. The number of nitrogens with one attached hydrogen (secondary N) is 2. The summed E-state index contributed by atoms with van der Waals surface area (Å²) in [7, 11) is 1.48. The molecule has 0 radical (unpaired) electrons. The predicted molar refractivity (Wildman–Crippen MR) is 63.2 cm³/mol. The zero-order chi connectivity index (χ0) is 14.0. The van der Waals surface area contributed by atoms with E-state index in [1.807, 2.05) is 0 Å². The van der Waals surface area contributed by atoms with Crippen LogP contribution in [0.5, 0.6) is 0 Å². The first-order valence-corrected chi connectivity index (χ1v) is 5.50. The van der Waals surface area contributed by atoms with E-state index in [0.29, 0.717) is 19.7 Å². The lowest BCUT2D eigenvalue weighted by Crippen LogP contribution is -2.46. The molecule has 0 aliphatic heterocycles. The van der Waals surface area contributed by atoms with Gasteiger partial charge < -0.3 is 15.2 Å². The Bertz CT molecular complexity index is 295. The molecule has 3 N–H and O–H groups in total. The van der Waals surface area contributed by atoms with Gasteiger partial charge in [0.2, 0.25) is 5.91 Å². The van der Waals surface area contributed by atoms with Gasteiger partial charge in [-0.3, -0.25) is 19.8 Å². The van der Waals surface area contributed by atoms with E-state index in [0.717, 1.165) is 0 Å². The summed E-state index contributed by atoms with van der Waals surface area (Å²) in [5.74, 6) is -1.60. The Morgan fingerprint density at radius 2 is 1.94 bits per heavy atom. The number of carboxylic acid groups (broad SMARTS) is 1. The second-order valence-corrected chi connectivity index (χ2v) is 3.50. The van der Waals surface area contributed by atoms with E-state index in [1.165, 1.54) is 12.0 Å². The van der Waals surface area contributed by atoms with Crippen molar-refractivity contribution in [2.45, 2.75) is 6.92 Å². The van der Waals surface area contributed by atoms with Gasteiger partial charge in [0.05, 0.1) is 19.7 Å². The number of carbonyl (C=O) groups is 3. The summed E-state index contributed by atoms with van der Waals surface area (Å²) in [4.78, 5) is 34.5. The molecule has 0 aromatic carbocycles. The van der Waals surface area contributed by atoms with Crippen LogP contribution in [0.15, 0.2) is 0 Å². The number of hydrogen-bond acceptors (Lipinski definition) is 5. The van der Waals surface area contributed by atoms with Gasteiger partial charge in [-0.15, -0.1) is 0 Å². The number of urea groups is 1. The Morgan fingerprint density at radius 1 is 1.28 bits per heavy atom. The first-order valence-electron chi connectivity index (χ1n) is 5.50. The fourth-order valence-corrected chi connectivity index (χ4v) is 1.20. The van der Waals surface area contributed by atoms with Gasteiger partial charge in [0.1, 0.15) is 0 Å². The van der Waals surface area contributed by atoms with Crippen molar-refractivity contribution in [1.29, 1.82) is 0 Å². The first kappa shape index (κ1) is 16.3. The summed E-state index contributed by atoms with van der Waals surface area (Å²) >= 11 is 0. The highest BCUT2D eigenvalue weighted by molar-refractivity contribution is 5.95. The van der Waals surface area contributed by atoms with Gasteiger partial charge >= 0.3 is 12.0 Å². The smallest absolute Gasteiger partial charge is 0.321 e. The largest absolute Gasteiger partial charge is 0.480 e. The summed E-state index contributed by atoms with van der Waals surface area (Å²) in [6, 6.07) is -0.593. The first-order chi connectivity index (χ1) is 8.49. The van der Waals surface area contributed by atoms with Crippen LogP contribution in [0.2, 0.25) is 0 Å². The fraction of sp³-hybridized carbons (Fsp3) is 0.700. The predicted octanol–water partition coefficient (Wildman–Crippen LogP) is -1.13. The second-order valence-electron chi connectivity index (χ2n) is 3.50. The number of ether oxygens (including phenoxy) is 1. The third-order valence-electron chi connectivity index (χ3n) is 1.93. The number of carbonyl (C=O) groups excluding carboxylic acids is 2. The molecule has 0 aliphatic rings. The van der Waals surface area contributed by atoms with E-state index in [-0.39, 0.29) is 13.1 Å². The average Bonchev–Trinajstić information content (AvgIpc) is 2.25. The molecule has 0 bridgehead atoms. The molecule has 0 heterocycles. The molecule has 0 atom stereocenters. The Morgan fingerprint density at radius 3 is 2.44 bits per heavy atom. The van der Waals surface area contributed by atoms with Crippen molar-refractivity contribution in [1.82, 2.24) is 15.5 Å². The summed E-state index contributed by atoms with van der Waals surface area (Å²) in [5, 5.41) is 13.2. The van der Waals surface area contributed by atoms with Crippen molar-refractivity contribution in [3.63, 3.8) is 0 Å². The maximum Gasteiger partial charge on any atom is 0.321 e. The number of hydrogen-bond donors (Lipinski definition) is 3. The van der Waals surface area contributed by atoms with Crippen molar-refractivity contribution in [2.24, 2.45) is 0 Å². The van der Waals surface area contributed by atoms with Crippen LogP contribution in [0.3, 0.4) is 0 Å². The molecule has 0 rings (SSSR count). The fourth-order valence-electron chi connectivity index (χ4n) is 1.20. The molecule has 0 saturated carbocycles. The molecule has 0 saturated heterocycles. The normalized spacial score (nSPS) is 10.2. The molecule has 0 fully saturated rings. The van der Waals surface area contributed by atoms with Gasteiger partial charge in [-0.25, -0.2) is 4.79 Å². The lowest BCUT2D eigenvalue weighted by molar-refractivity contribution is -0.138. The van der Waals surface area contributed by atoms with E-state index < -0.39 is 17.9 Å². The summed E-state index contributed by atoms with van der Waals surface area (Å²) in [5.41, 5.74) is 0. The van der Waals surface area contributed by atoms with Gasteiger partial charge in [0, 0.05) is 20.2 Å². The van der Waals surface area contributed by atoms with E-state index in [4.69, 9.17) is 9.84 Å². The Balaban J connectivity index is 4.16. The number of nitrogens with zero attached hydrogens (tertiary/aromatic N) is 1. The SMILES string of the molecule is CCNC(=O)NC(=O)CN(CCOC)CC(=O)O. The Labute approximate surface area is 105 Å². The monoisotopic (exact) mass is 261 g/mol. The molecule has 0 spiro atoms. The second kappa shape index (κ2) is 9.37. The summed E-state index contributed by atoms with van der Waals surface area (Å²) in [6.45, 7) is 2.27. The number of imide groups is 1. The Hall–Kier alpha value is -1.67. The van der Waals surface area contributed by atoms with Crippen molar-refractivity contribution < 1.29 is 24.2 Å². The third kappa shape index (κ3) is 8.48. The maximum absolute atomic E-state index is 11.4. The molecule has 0 aromatic heterocycles.